The molecule has 0 aromatic heterocycles. The van der Waals surface area contributed by atoms with Crippen molar-refractivity contribution in [2.75, 3.05) is 11.9 Å². The van der Waals surface area contributed by atoms with Crippen molar-refractivity contribution in [1.82, 2.24) is 5.32 Å². The van der Waals surface area contributed by atoms with E-state index in [2.05, 4.69) is 15.0 Å². The minimum absolute atomic E-state index is 0.0168. The maximum absolute atomic E-state index is 12.2. The number of sulfonamides is 2. The van der Waals surface area contributed by atoms with Gasteiger partial charge in [-0.05, 0) is 36.2 Å². The molecule has 0 fully saturated rings. The number of fused-ring (bicyclic) bond motifs is 1. The van der Waals surface area contributed by atoms with Gasteiger partial charge in [0.1, 0.15) is 10.7 Å². The summed E-state index contributed by atoms with van der Waals surface area (Å²) < 4.78 is 50.4. The van der Waals surface area contributed by atoms with Gasteiger partial charge in [0.25, 0.3) is 10.0 Å². The van der Waals surface area contributed by atoms with Crippen LogP contribution < -0.4 is 15.8 Å². The van der Waals surface area contributed by atoms with Crippen LogP contribution in [0, 0.1) is 0 Å². The second kappa shape index (κ2) is 7.70. The molecule has 0 unspecified atom stereocenters. The van der Waals surface area contributed by atoms with Crippen LogP contribution in [-0.4, -0.2) is 35.1 Å². The van der Waals surface area contributed by atoms with Crippen LogP contribution in [0.5, 0.6) is 0 Å². The fourth-order valence-electron chi connectivity index (χ4n) is 2.65. The quantitative estimate of drug-likeness (QED) is 0.621. The van der Waals surface area contributed by atoms with Crippen molar-refractivity contribution in [2.45, 2.75) is 22.6 Å². The predicted molar refractivity (Wildman–Crippen MR) is 104 cm³/mol. The lowest BCUT2D eigenvalue weighted by molar-refractivity contribution is -0.119. The van der Waals surface area contributed by atoms with Crippen LogP contribution in [0.4, 0.5) is 5.69 Å². The van der Waals surface area contributed by atoms with E-state index in [0.29, 0.717) is 18.7 Å². The zero-order valence-corrected chi connectivity index (χ0v) is 16.3. The molecule has 0 atom stereocenters. The monoisotopic (exact) mass is 422 g/mol. The molecule has 0 spiro atoms. The minimum atomic E-state index is -3.83. The third-order valence-electron chi connectivity index (χ3n) is 3.99. The van der Waals surface area contributed by atoms with Crippen molar-refractivity contribution in [3.05, 3.63) is 54.1 Å². The molecule has 4 N–H and O–H groups in total. The number of nitrogens with zero attached hydrogens (tertiary/aromatic N) is 1. The highest BCUT2D eigenvalue weighted by molar-refractivity contribution is 7.90. The van der Waals surface area contributed by atoms with E-state index in [9.17, 15) is 21.6 Å². The number of nitrogens with one attached hydrogen (secondary N) is 2. The molecule has 9 nitrogen and oxygen atoms in total. The van der Waals surface area contributed by atoms with Crippen LogP contribution in [0.1, 0.15) is 12.0 Å². The van der Waals surface area contributed by atoms with Crippen LogP contribution in [0.2, 0.25) is 0 Å². The zero-order chi connectivity index (χ0) is 20.4. The summed E-state index contributed by atoms with van der Waals surface area (Å²) >= 11 is 0. The fraction of sp³-hybridized carbons (Fsp3) is 0.176. The molecule has 2 aromatic rings. The molecule has 1 amide bonds. The van der Waals surface area contributed by atoms with E-state index in [1.165, 1.54) is 18.2 Å². The van der Waals surface area contributed by atoms with Crippen LogP contribution in [0.15, 0.2) is 62.7 Å². The summed E-state index contributed by atoms with van der Waals surface area (Å²) in [6.07, 6.45) is 0.260. The number of primary sulfonamides is 1. The van der Waals surface area contributed by atoms with E-state index in [1.807, 2.05) is 0 Å². The number of nitrogens with two attached hydrogens (primary N) is 1. The maximum atomic E-state index is 12.2. The van der Waals surface area contributed by atoms with Gasteiger partial charge in [0.2, 0.25) is 15.9 Å². The van der Waals surface area contributed by atoms with Crippen LogP contribution >= 0.6 is 0 Å². The van der Waals surface area contributed by atoms with Crippen molar-refractivity contribution < 1.29 is 21.6 Å². The van der Waals surface area contributed by atoms with Gasteiger partial charge >= 0.3 is 0 Å². The Morgan fingerprint density at radius 3 is 2.46 bits per heavy atom. The number of anilines is 1. The van der Waals surface area contributed by atoms with Gasteiger partial charge in [-0.15, -0.1) is 4.40 Å². The van der Waals surface area contributed by atoms with E-state index >= 15 is 0 Å². The van der Waals surface area contributed by atoms with Crippen molar-refractivity contribution in [3.63, 3.8) is 0 Å². The molecule has 1 aliphatic rings. The molecular formula is C17H18N4O5S2. The van der Waals surface area contributed by atoms with E-state index < -0.39 is 20.0 Å². The Labute approximate surface area is 162 Å². The van der Waals surface area contributed by atoms with E-state index in [1.54, 1.807) is 30.3 Å². The number of hydrogen-bond donors (Lipinski definition) is 3. The largest absolute Gasteiger partial charge is 0.355 e. The molecule has 0 radical (unpaired) electrons. The summed E-state index contributed by atoms with van der Waals surface area (Å²) in [4.78, 5) is 12.2. The van der Waals surface area contributed by atoms with Gasteiger partial charge in [0, 0.05) is 6.54 Å². The molecule has 0 aliphatic carbocycles. The normalized spacial score (nSPS) is 15.1. The summed E-state index contributed by atoms with van der Waals surface area (Å²) in [6.45, 7) is 0.296. The molecule has 1 aliphatic heterocycles. The van der Waals surface area contributed by atoms with Gasteiger partial charge in [0.05, 0.1) is 17.0 Å². The number of para-hydroxylation sites is 1. The summed E-state index contributed by atoms with van der Waals surface area (Å²) in [5.41, 5.74) is 1.20. The van der Waals surface area contributed by atoms with Crippen molar-refractivity contribution in [2.24, 2.45) is 9.54 Å². The average Bonchev–Trinajstić information content (AvgIpc) is 2.61. The summed E-state index contributed by atoms with van der Waals surface area (Å²) in [6, 6.07) is 12.4. The number of amidine groups is 1. The Hall–Kier alpha value is -2.76. The maximum Gasteiger partial charge on any atom is 0.286 e. The molecule has 11 heteroatoms. The second-order valence-corrected chi connectivity index (χ2v) is 9.23. The first-order valence-electron chi connectivity index (χ1n) is 8.23. The summed E-state index contributed by atoms with van der Waals surface area (Å²) in [5.74, 6) is -0.337. The van der Waals surface area contributed by atoms with E-state index in [-0.39, 0.29) is 28.0 Å². The van der Waals surface area contributed by atoms with Gasteiger partial charge in [0.15, 0.2) is 0 Å². The van der Waals surface area contributed by atoms with Crippen LogP contribution in [-0.2, 0) is 31.3 Å². The lowest BCUT2D eigenvalue weighted by Gasteiger charge is -2.17. The van der Waals surface area contributed by atoms with Crippen molar-refractivity contribution >= 4 is 37.5 Å². The van der Waals surface area contributed by atoms with E-state index in [4.69, 9.17) is 5.14 Å². The fourth-order valence-corrected chi connectivity index (χ4v) is 4.31. The first-order chi connectivity index (χ1) is 13.1. The Kier molecular flexibility index (Phi) is 5.49. The standard InChI is InChI=1S/C17H18N4O5S2/c18-27(23,24)13-7-5-12(6-8-13)9-10-19-17(22)11-16-20-14-3-1-2-4-15(14)28(25,26)21-16/h1-8H,9-11H2,(H,19,22)(H,20,21)(H2,18,23,24). The molecule has 2 aromatic carbocycles. The van der Waals surface area contributed by atoms with E-state index in [0.717, 1.165) is 5.56 Å². The minimum Gasteiger partial charge on any atom is -0.355 e. The third kappa shape index (κ3) is 4.74. The first kappa shape index (κ1) is 20.0. The highest BCUT2D eigenvalue weighted by Crippen LogP contribution is 2.26. The highest BCUT2D eigenvalue weighted by atomic mass is 32.2. The lowest BCUT2D eigenvalue weighted by Crippen LogP contribution is -2.31. The summed E-state index contributed by atoms with van der Waals surface area (Å²) in [5, 5.41) is 10.6. The van der Waals surface area contributed by atoms with Gasteiger partial charge < -0.3 is 10.6 Å². The smallest absolute Gasteiger partial charge is 0.286 e. The number of hydrogen-bond acceptors (Lipinski definition) is 6. The van der Waals surface area contributed by atoms with Gasteiger partial charge in [-0.2, -0.15) is 8.42 Å². The summed E-state index contributed by atoms with van der Waals surface area (Å²) in [7, 11) is -7.57. The SMILES string of the molecule is NS(=O)(=O)c1ccc(CCNC(=O)CC2=NS(=O)(=O)c3ccccc3N2)cc1. The van der Waals surface area contributed by atoms with Crippen LogP contribution in [0.25, 0.3) is 0 Å². The third-order valence-corrected chi connectivity index (χ3v) is 6.29. The molecule has 0 saturated carbocycles. The highest BCUT2D eigenvalue weighted by Gasteiger charge is 2.25. The Balaban J connectivity index is 1.55. The number of carbonyl (C=O) groups is 1. The number of amides is 1. The molecular weight excluding hydrogens is 404 g/mol. The first-order valence-corrected chi connectivity index (χ1v) is 11.2. The molecule has 1 heterocycles. The zero-order valence-electron chi connectivity index (χ0n) is 14.6. The van der Waals surface area contributed by atoms with Crippen molar-refractivity contribution in [3.8, 4) is 0 Å². The van der Waals surface area contributed by atoms with Gasteiger partial charge in [-0.3, -0.25) is 4.79 Å². The Bertz CT molecular complexity index is 1140. The average molecular weight is 422 g/mol. The van der Waals surface area contributed by atoms with Gasteiger partial charge in [-0.1, -0.05) is 24.3 Å². The molecule has 0 bridgehead atoms. The lowest BCUT2D eigenvalue weighted by atomic mass is 10.1. The number of carbonyl (C=O) groups excluding carboxylic acids is 1. The molecule has 3 rings (SSSR count). The van der Waals surface area contributed by atoms with Crippen molar-refractivity contribution in [1.29, 1.82) is 0 Å². The second-order valence-electron chi connectivity index (χ2n) is 6.10. The van der Waals surface area contributed by atoms with Gasteiger partial charge in [-0.25, -0.2) is 13.6 Å². The van der Waals surface area contributed by atoms with Crippen LogP contribution in [0.3, 0.4) is 0 Å². The number of benzene rings is 2. The molecule has 148 valence electrons. The molecule has 28 heavy (non-hydrogen) atoms. The Morgan fingerprint density at radius 1 is 1.11 bits per heavy atom. The number of rotatable bonds is 6. The Morgan fingerprint density at radius 2 is 1.79 bits per heavy atom. The predicted octanol–water partition coefficient (Wildman–Crippen LogP) is 0.596. The molecule has 0 saturated heterocycles. The topological polar surface area (TPSA) is 148 Å².